The molecule has 1 saturated heterocycles. The van der Waals surface area contributed by atoms with Crippen LogP contribution in [0, 0.1) is 11.7 Å². The number of rotatable bonds is 5. The molecule has 2 aliphatic rings. The SMILES string of the molecule is O=C([C@H]1C[C@H]1c1ccccc1)N1CCC[C@@H](Nc2ccnc(-c3cnc4ccc(F)cn34)n2)C1. The van der Waals surface area contributed by atoms with Crippen LogP contribution >= 0.6 is 0 Å². The van der Waals surface area contributed by atoms with Crippen molar-refractivity contribution in [2.75, 3.05) is 18.4 Å². The van der Waals surface area contributed by atoms with Gasteiger partial charge in [0, 0.05) is 37.4 Å². The molecule has 3 aromatic heterocycles. The van der Waals surface area contributed by atoms with Gasteiger partial charge in [-0.05, 0) is 48.9 Å². The van der Waals surface area contributed by atoms with E-state index in [1.807, 2.05) is 29.2 Å². The summed E-state index contributed by atoms with van der Waals surface area (Å²) in [6, 6.07) is 15.3. The van der Waals surface area contributed by atoms with Gasteiger partial charge in [0.15, 0.2) is 5.82 Å². The number of piperidine rings is 1. The second-order valence-electron chi connectivity index (χ2n) is 9.11. The maximum atomic E-state index is 13.7. The average molecular weight is 457 g/mol. The van der Waals surface area contributed by atoms with E-state index in [-0.39, 0.29) is 23.7 Å². The molecule has 4 heterocycles. The third-order valence-electron chi connectivity index (χ3n) is 6.77. The lowest BCUT2D eigenvalue weighted by Crippen LogP contribution is -2.46. The van der Waals surface area contributed by atoms with Gasteiger partial charge < -0.3 is 10.2 Å². The van der Waals surface area contributed by atoms with Gasteiger partial charge in [-0.1, -0.05) is 30.3 Å². The van der Waals surface area contributed by atoms with Gasteiger partial charge in [0.1, 0.15) is 23.0 Å². The predicted octanol–water partition coefficient (Wildman–Crippen LogP) is 4.14. The molecule has 1 N–H and O–H groups in total. The van der Waals surface area contributed by atoms with E-state index >= 15 is 0 Å². The number of aromatic nitrogens is 4. The fourth-order valence-electron chi connectivity index (χ4n) is 4.96. The zero-order valence-corrected chi connectivity index (χ0v) is 18.6. The summed E-state index contributed by atoms with van der Waals surface area (Å²) in [5.41, 5.74) is 2.52. The van der Waals surface area contributed by atoms with E-state index < -0.39 is 0 Å². The van der Waals surface area contributed by atoms with Crippen molar-refractivity contribution in [1.29, 1.82) is 0 Å². The second-order valence-corrected chi connectivity index (χ2v) is 9.11. The van der Waals surface area contributed by atoms with Gasteiger partial charge in [-0.2, -0.15) is 0 Å². The first kappa shape index (κ1) is 20.8. The molecule has 6 rings (SSSR count). The Balaban J connectivity index is 1.14. The van der Waals surface area contributed by atoms with E-state index in [4.69, 9.17) is 0 Å². The number of imidazole rings is 1. The summed E-state index contributed by atoms with van der Waals surface area (Å²) < 4.78 is 15.4. The van der Waals surface area contributed by atoms with E-state index in [1.165, 1.54) is 17.8 Å². The third-order valence-corrected chi connectivity index (χ3v) is 6.77. The summed E-state index contributed by atoms with van der Waals surface area (Å²) in [4.78, 5) is 28.5. The van der Waals surface area contributed by atoms with Crippen LogP contribution in [-0.2, 0) is 4.79 Å². The van der Waals surface area contributed by atoms with E-state index in [9.17, 15) is 9.18 Å². The quantitative estimate of drug-likeness (QED) is 0.489. The predicted molar refractivity (Wildman–Crippen MR) is 127 cm³/mol. The Hall–Kier alpha value is -3.81. The highest BCUT2D eigenvalue weighted by molar-refractivity contribution is 5.83. The summed E-state index contributed by atoms with van der Waals surface area (Å²) in [6.45, 7) is 1.47. The number of likely N-dealkylation sites (tertiary alicyclic amines) is 1. The molecule has 1 aliphatic heterocycles. The molecule has 7 nitrogen and oxygen atoms in total. The Kier molecular flexibility index (Phi) is 5.20. The molecule has 0 spiro atoms. The van der Waals surface area contributed by atoms with Gasteiger partial charge in [0.2, 0.25) is 5.91 Å². The smallest absolute Gasteiger partial charge is 0.226 e. The standard InChI is InChI=1S/C26H25FN6O/c27-18-8-9-24-29-14-22(33(24)15-18)25-28-11-10-23(31-25)30-19-7-4-12-32(16-19)26(34)21-13-20(21)17-5-2-1-3-6-17/h1-3,5-6,8-11,14-15,19-21H,4,7,12-13,16H2,(H,28,30,31)/t19-,20+,21+/m1/s1. The molecular formula is C26H25FN6O. The highest BCUT2D eigenvalue weighted by atomic mass is 19.1. The van der Waals surface area contributed by atoms with Crippen molar-refractivity contribution in [2.24, 2.45) is 5.92 Å². The number of fused-ring (bicyclic) bond motifs is 1. The normalized spacial score (nSPS) is 22.0. The summed E-state index contributed by atoms with van der Waals surface area (Å²) in [7, 11) is 0. The van der Waals surface area contributed by atoms with Crippen LogP contribution in [0.5, 0.6) is 0 Å². The van der Waals surface area contributed by atoms with Crippen molar-refractivity contribution in [3.05, 3.63) is 78.5 Å². The van der Waals surface area contributed by atoms with Gasteiger partial charge in [-0.15, -0.1) is 0 Å². The minimum Gasteiger partial charge on any atom is -0.365 e. The molecule has 1 aliphatic carbocycles. The third kappa shape index (κ3) is 4.00. The first-order chi connectivity index (χ1) is 16.7. The number of carbonyl (C=O) groups is 1. The highest BCUT2D eigenvalue weighted by Gasteiger charge is 2.46. The molecule has 3 atom stereocenters. The Morgan fingerprint density at radius 3 is 2.85 bits per heavy atom. The number of hydrogen-bond donors (Lipinski definition) is 1. The summed E-state index contributed by atoms with van der Waals surface area (Å²) >= 11 is 0. The van der Waals surface area contributed by atoms with Crippen LogP contribution in [0.25, 0.3) is 17.2 Å². The number of anilines is 1. The number of nitrogens with one attached hydrogen (secondary N) is 1. The summed E-state index contributed by atoms with van der Waals surface area (Å²) in [6.07, 6.45) is 7.57. The minimum atomic E-state index is -0.349. The monoisotopic (exact) mass is 456 g/mol. The largest absolute Gasteiger partial charge is 0.365 e. The minimum absolute atomic E-state index is 0.0994. The molecule has 0 bridgehead atoms. The summed E-state index contributed by atoms with van der Waals surface area (Å²) in [5.74, 6) is 1.51. The lowest BCUT2D eigenvalue weighted by atomic mass is 10.0. The van der Waals surface area contributed by atoms with Crippen molar-refractivity contribution in [3.8, 4) is 11.5 Å². The number of halogens is 1. The van der Waals surface area contributed by atoms with Crippen molar-refractivity contribution >= 4 is 17.4 Å². The van der Waals surface area contributed by atoms with Crippen LogP contribution in [-0.4, -0.2) is 49.3 Å². The molecule has 0 unspecified atom stereocenters. The Bertz CT molecular complexity index is 1340. The lowest BCUT2D eigenvalue weighted by Gasteiger charge is -2.33. The molecule has 34 heavy (non-hydrogen) atoms. The van der Waals surface area contributed by atoms with Crippen molar-refractivity contribution in [3.63, 3.8) is 0 Å². The van der Waals surface area contributed by atoms with Gasteiger partial charge >= 0.3 is 0 Å². The Morgan fingerprint density at radius 1 is 1.09 bits per heavy atom. The maximum Gasteiger partial charge on any atom is 0.226 e. The van der Waals surface area contributed by atoms with Crippen LogP contribution in [0.1, 0.15) is 30.7 Å². The van der Waals surface area contributed by atoms with E-state index in [0.29, 0.717) is 35.4 Å². The van der Waals surface area contributed by atoms with Crippen LogP contribution in [0.2, 0.25) is 0 Å². The first-order valence-electron chi connectivity index (χ1n) is 11.7. The van der Waals surface area contributed by atoms with E-state index in [1.54, 1.807) is 22.9 Å². The average Bonchev–Trinajstić information content (AvgIpc) is 3.57. The summed E-state index contributed by atoms with van der Waals surface area (Å²) in [5, 5.41) is 3.48. The number of pyridine rings is 1. The van der Waals surface area contributed by atoms with Crippen LogP contribution in [0.4, 0.5) is 10.2 Å². The van der Waals surface area contributed by atoms with E-state index in [2.05, 4.69) is 32.4 Å². The van der Waals surface area contributed by atoms with Gasteiger partial charge in [0.05, 0.1) is 6.20 Å². The van der Waals surface area contributed by atoms with Crippen LogP contribution < -0.4 is 5.32 Å². The number of benzene rings is 1. The molecule has 1 amide bonds. The lowest BCUT2D eigenvalue weighted by molar-refractivity contribution is -0.133. The first-order valence-corrected chi connectivity index (χ1v) is 11.7. The van der Waals surface area contributed by atoms with Crippen LogP contribution in [0.15, 0.2) is 67.1 Å². The Morgan fingerprint density at radius 2 is 1.97 bits per heavy atom. The molecule has 1 aromatic carbocycles. The number of hydrogen-bond acceptors (Lipinski definition) is 5. The molecule has 0 radical (unpaired) electrons. The number of carbonyl (C=O) groups excluding carboxylic acids is 1. The molecular weight excluding hydrogens is 431 g/mol. The van der Waals surface area contributed by atoms with Crippen molar-refractivity contribution in [1.82, 2.24) is 24.3 Å². The Labute approximate surface area is 196 Å². The van der Waals surface area contributed by atoms with E-state index in [0.717, 1.165) is 25.8 Å². The topological polar surface area (TPSA) is 75.4 Å². The van der Waals surface area contributed by atoms with Crippen LogP contribution in [0.3, 0.4) is 0 Å². The van der Waals surface area contributed by atoms with Gasteiger partial charge in [0.25, 0.3) is 0 Å². The number of nitrogens with zero attached hydrogens (tertiary/aromatic N) is 5. The zero-order chi connectivity index (χ0) is 23.1. The second kappa shape index (κ2) is 8.52. The molecule has 2 fully saturated rings. The fourth-order valence-corrected chi connectivity index (χ4v) is 4.96. The maximum absolute atomic E-state index is 13.7. The van der Waals surface area contributed by atoms with Crippen molar-refractivity contribution in [2.45, 2.75) is 31.2 Å². The van der Waals surface area contributed by atoms with Gasteiger partial charge in [-0.25, -0.2) is 19.3 Å². The highest BCUT2D eigenvalue weighted by Crippen LogP contribution is 2.48. The number of amides is 1. The molecule has 4 aromatic rings. The fraction of sp³-hybridized carbons (Fsp3) is 0.308. The molecule has 172 valence electrons. The zero-order valence-electron chi connectivity index (χ0n) is 18.6. The van der Waals surface area contributed by atoms with Crippen molar-refractivity contribution < 1.29 is 9.18 Å². The molecule has 1 saturated carbocycles. The molecule has 8 heteroatoms. The van der Waals surface area contributed by atoms with Gasteiger partial charge in [-0.3, -0.25) is 9.20 Å².